The summed E-state index contributed by atoms with van der Waals surface area (Å²) in [4.78, 5) is 26.7. The van der Waals surface area contributed by atoms with Gasteiger partial charge in [0.1, 0.15) is 0 Å². The van der Waals surface area contributed by atoms with Crippen molar-refractivity contribution >= 4 is 28.9 Å². The molecule has 0 unspecified atom stereocenters. The highest BCUT2D eigenvalue weighted by Crippen LogP contribution is 2.23. The molecule has 0 radical (unpaired) electrons. The van der Waals surface area contributed by atoms with Crippen molar-refractivity contribution in [1.29, 1.82) is 0 Å². The molecule has 0 atom stereocenters. The molecule has 0 aliphatic rings. The Balaban J connectivity index is 2.02. The summed E-state index contributed by atoms with van der Waals surface area (Å²) in [6.07, 6.45) is 0. The van der Waals surface area contributed by atoms with Crippen molar-refractivity contribution in [1.82, 2.24) is 0 Å². The molecule has 0 saturated carbocycles. The first kappa shape index (κ1) is 20.5. The molecule has 0 bridgehead atoms. The highest BCUT2D eigenvalue weighted by molar-refractivity contribution is 6.43. The van der Waals surface area contributed by atoms with Gasteiger partial charge in [-0.3, -0.25) is 9.59 Å². The van der Waals surface area contributed by atoms with Gasteiger partial charge in [0.25, 0.3) is 0 Å². The van der Waals surface area contributed by atoms with Gasteiger partial charge in [0, 0.05) is 30.2 Å². The molecule has 144 valence electrons. The summed E-state index contributed by atoms with van der Waals surface area (Å²) < 4.78 is 0. The van der Waals surface area contributed by atoms with E-state index in [4.69, 9.17) is 0 Å². The Morgan fingerprint density at radius 2 is 1.52 bits per heavy atom. The van der Waals surface area contributed by atoms with Crippen molar-refractivity contribution in [3.8, 4) is 0 Å². The minimum Gasteiger partial charge on any atom is -0.372 e. The van der Waals surface area contributed by atoms with Gasteiger partial charge in [-0.15, -0.1) is 0 Å². The van der Waals surface area contributed by atoms with E-state index in [1.165, 1.54) is 5.56 Å². The van der Waals surface area contributed by atoms with E-state index in [-0.39, 0.29) is 0 Å². The van der Waals surface area contributed by atoms with Crippen molar-refractivity contribution in [2.45, 2.75) is 40.5 Å². The molecule has 0 spiro atoms. The maximum Gasteiger partial charge on any atom is 0.314 e. The summed E-state index contributed by atoms with van der Waals surface area (Å²) in [6, 6.07) is 13.3. The maximum absolute atomic E-state index is 12.2. The zero-order valence-corrected chi connectivity index (χ0v) is 16.8. The maximum atomic E-state index is 12.2. The third kappa shape index (κ3) is 5.33. The van der Waals surface area contributed by atoms with Crippen LogP contribution in [0.25, 0.3) is 0 Å². The Bertz CT molecular complexity index is 794. The zero-order valence-electron chi connectivity index (χ0n) is 16.8. The van der Waals surface area contributed by atoms with Crippen LogP contribution in [0.5, 0.6) is 0 Å². The minimum absolute atomic E-state index is 0.417. The Hall–Kier alpha value is -2.82. The molecule has 0 aromatic heterocycles. The molecule has 2 aromatic carbocycles. The second-order valence-electron chi connectivity index (χ2n) is 6.86. The van der Waals surface area contributed by atoms with E-state index in [9.17, 15) is 9.59 Å². The lowest BCUT2D eigenvalue weighted by Crippen LogP contribution is -2.29. The normalized spacial score (nSPS) is 10.6. The monoisotopic (exact) mass is 367 g/mol. The van der Waals surface area contributed by atoms with Crippen molar-refractivity contribution in [3.05, 3.63) is 53.6 Å². The van der Waals surface area contributed by atoms with Crippen LogP contribution in [0.2, 0.25) is 0 Å². The average molecular weight is 367 g/mol. The Morgan fingerprint density at radius 1 is 0.926 bits per heavy atom. The second-order valence-corrected chi connectivity index (χ2v) is 6.86. The van der Waals surface area contributed by atoms with Crippen molar-refractivity contribution < 1.29 is 9.59 Å². The van der Waals surface area contributed by atoms with Crippen LogP contribution in [0.1, 0.15) is 44.7 Å². The number of nitrogens with one attached hydrogen (secondary N) is 2. The fourth-order valence-corrected chi connectivity index (χ4v) is 2.89. The number of rotatable bonds is 6. The summed E-state index contributed by atoms with van der Waals surface area (Å²) >= 11 is 0. The first-order chi connectivity index (χ1) is 12.8. The summed E-state index contributed by atoms with van der Waals surface area (Å²) in [5.41, 5.74) is 4.45. The number of nitrogens with zero attached hydrogens (tertiary/aromatic N) is 1. The standard InChI is InChI=1S/C22H29N3O2/c1-6-25(7-2)19-12-13-20(16(5)14-19)24-22(27)21(26)23-18-10-8-17(9-11-18)15(3)4/h8-15H,6-7H2,1-5H3,(H,23,26)(H,24,27). The van der Waals surface area contributed by atoms with Gasteiger partial charge in [0.05, 0.1) is 0 Å². The van der Waals surface area contributed by atoms with Gasteiger partial charge in [-0.2, -0.15) is 0 Å². The fraction of sp³-hybridized carbons (Fsp3) is 0.364. The summed E-state index contributed by atoms with van der Waals surface area (Å²) in [5, 5.41) is 5.33. The van der Waals surface area contributed by atoms with E-state index in [1.54, 1.807) is 0 Å². The molecule has 0 heterocycles. The minimum atomic E-state index is -0.681. The van der Waals surface area contributed by atoms with Crippen molar-refractivity contribution in [2.75, 3.05) is 28.6 Å². The highest BCUT2D eigenvalue weighted by Gasteiger charge is 2.15. The number of aryl methyl sites for hydroxylation is 1. The summed E-state index contributed by atoms with van der Waals surface area (Å²) in [7, 11) is 0. The number of benzene rings is 2. The topological polar surface area (TPSA) is 61.4 Å². The van der Waals surface area contributed by atoms with Gasteiger partial charge in [-0.1, -0.05) is 26.0 Å². The molecule has 5 heteroatoms. The van der Waals surface area contributed by atoms with E-state index in [1.807, 2.05) is 49.4 Å². The Kier molecular flexibility index (Phi) is 6.99. The molecule has 2 amide bonds. The molecule has 27 heavy (non-hydrogen) atoms. The number of anilines is 3. The first-order valence-corrected chi connectivity index (χ1v) is 9.43. The molecular weight excluding hydrogens is 338 g/mol. The number of carbonyl (C=O) groups excluding carboxylic acids is 2. The number of hydrogen-bond donors (Lipinski definition) is 2. The van der Waals surface area contributed by atoms with Gasteiger partial charge in [-0.25, -0.2) is 0 Å². The van der Waals surface area contributed by atoms with Crippen molar-refractivity contribution in [2.24, 2.45) is 0 Å². The molecule has 2 rings (SSSR count). The zero-order chi connectivity index (χ0) is 20.0. The SMILES string of the molecule is CCN(CC)c1ccc(NC(=O)C(=O)Nc2ccc(C(C)C)cc2)c(C)c1. The molecule has 5 nitrogen and oxygen atoms in total. The molecule has 0 aliphatic carbocycles. The Morgan fingerprint density at radius 3 is 2.04 bits per heavy atom. The lowest BCUT2D eigenvalue weighted by molar-refractivity contribution is -0.133. The van der Waals surface area contributed by atoms with Gasteiger partial charge in [0.2, 0.25) is 0 Å². The largest absolute Gasteiger partial charge is 0.372 e. The smallest absolute Gasteiger partial charge is 0.314 e. The van der Waals surface area contributed by atoms with Crippen LogP contribution in [-0.2, 0) is 9.59 Å². The van der Waals surface area contributed by atoms with E-state index in [2.05, 4.69) is 43.2 Å². The van der Waals surface area contributed by atoms with Crippen LogP contribution < -0.4 is 15.5 Å². The van der Waals surface area contributed by atoms with Crippen LogP contribution in [0.15, 0.2) is 42.5 Å². The third-order valence-electron chi connectivity index (χ3n) is 4.63. The van der Waals surface area contributed by atoms with Gasteiger partial charge < -0.3 is 15.5 Å². The lowest BCUT2D eigenvalue weighted by Gasteiger charge is -2.22. The van der Waals surface area contributed by atoms with Crippen LogP contribution in [0, 0.1) is 6.92 Å². The number of carbonyl (C=O) groups is 2. The van der Waals surface area contributed by atoms with Crippen LogP contribution in [0.3, 0.4) is 0 Å². The molecule has 2 N–H and O–H groups in total. The number of amides is 2. The van der Waals surface area contributed by atoms with Gasteiger partial charge in [0.15, 0.2) is 0 Å². The first-order valence-electron chi connectivity index (χ1n) is 9.43. The Labute approximate surface area is 161 Å². The van der Waals surface area contributed by atoms with E-state index in [0.717, 1.165) is 24.3 Å². The average Bonchev–Trinajstić information content (AvgIpc) is 2.65. The third-order valence-corrected chi connectivity index (χ3v) is 4.63. The highest BCUT2D eigenvalue weighted by atomic mass is 16.2. The lowest BCUT2D eigenvalue weighted by atomic mass is 10.0. The van der Waals surface area contributed by atoms with Gasteiger partial charge >= 0.3 is 11.8 Å². The predicted molar refractivity (Wildman–Crippen MR) is 113 cm³/mol. The molecule has 0 saturated heterocycles. The van der Waals surface area contributed by atoms with E-state index in [0.29, 0.717) is 17.3 Å². The van der Waals surface area contributed by atoms with Crippen LogP contribution in [0.4, 0.5) is 17.1 Å². The fourth-order valence-electron chi connectivity index (χ4n) is 2.89. The molecule has 0 aliphatic heterocycles. The van der Waals surface area contributed by atoms with Gasteiger partial charge in [-0.05, 0) is 68.1 Å². The predicted octanol–water partition coefficient (Wildman–Crippen LogP) is 4.54. The summed E-state index contributed by atoms with van der Waals surface area (Å²) in [6.45, 7) is 12.2. The number of hydrogen-bond acceptors (Lipinski definition) is 3. The van der Waals surface area contributed by atoms with Crippen molar-refractivity contribution in [3.63, 3.8) is 0 Å². The quantitative estimate of drug-likeness (QED) is 0.737. The van der Waals surface area contributed by atoms with Crippen LogP contribution in [-0.4, -0.2) is 24.9 Å². The van der Waals surface area contributed by atoms with E-state index >= 15 is 0 Å². The van der Waals surface area contributed by atoms with E-state index < -0.39 is 11.8 Å². The second kappa shape index (κ2) is 9.21. The summed E-state index contributed by atoms with van der Waals surface area (Å²) in [5.74, 6) is -0.943. The molecule has 0 fully saturated rings. The molecule has 2 aromatic rings. The van der Waals surface area contributed by atoms with Crippen LogP contribution >= 0.6 is 0 Å². The molecular formula is C22H29N3O2.